The second-order valence-corrected chi connectivity index (χ2v) is 8.20. The number of likely N-dealkylation sites (tertiary alicyclic amines) is 2. The molecule has 0 radical (unpaired) electrons. The van der Waals surface area contributed by atoms with Crippen molar-refractivity contribution in [1.82, 2.24) is 9.80 Å². The van der Waals surface area contributed by atoms with Gasteiger partial charge in [0.05, 0.1) is 5.41 Å². The fourth-order valence-electron chi connectivity index (χ4n) is 4.69. The number of nitrogens with zero attached hydrogens (tertiary/aromatic N) is 2. The SMILES string of the molecule is O=C(N1CCCC1)C1(Cc2ccccc2)CCN(Cc2ccccc2)CC1. The summed E-state index contributed by atoms with van der Waals surface area (Å²) in [5.74, 6) is 0.406. The van der Waals surface area contributed by atoms with Crippen molar-refractivity contribution in [1.29, 1.82) is 0 Å². The van der Waals surface area contributed by atoms with Crippen LogP contribution in [-0.2, 0) is 17.8 Å². The van der Waals surface area contributed by atoms with Crippen LogP contribution in [0.1, 0.15) is 36.8 Å². The summed E-state index contributed by atoms with van der Waals surface area (Å²) in [5.41, 5.74) is 2.43. The molecule has 2 fully saturated rings. The van der Waals surface area contributed by atoms with Gasteiger partial charge in [-0.3, -0.25) is 9.69 Å². The van der Waals surface area contributed by atoms with Gasteiger partial charge in [-0.1, -0.05) is 60.7 Å². The van der Waals surface area contributed by atoms with Gasteiger partial charge in [-0.05, 0) is 56.3 Å². The van der Waals surface area contributed by atoms with Crippen LogP contribution in [0.25, 0.3) is 0 Å². The predicted octanol–water partition coefficient (Wildman–Crippen LogP) is 4.13. The van der Waals surface area contributed by atoms with E-state index in [9.17, 15) is 4.79 Å². The van der Waals surface area contributed by atoms with Crippen molar-refractivity contribution in [2.45, 2.75) is 38.6 Å². The zero-order valence-corrected chi connectivity index (χ0v) is 16.1. The molecule has 0 bridgehead atoms. The van der Waals surface area contributed by atoms with Gasteiger partial charge in [0, 0.05) is 19.6 Å². The minimum atomic E-state index is -0.223. The van der Waals surface area contributed by atoms with E-state index in [2.05, 4.69) is 70.5 Å². The fraction of sp³-hybridized carbons (Fsp3) is 0.458. The molecule has 2 saturated heterocycles. The van der Waals surface area contributed by atoms with Gasteiger partial charge in [0.15, 0.2) is 0 Å². The third kappa shape index (κ3) is 4.24. The third-order valence-corrected chi connectivity index (χ3v) is 6.29. The lowest BCUT2D eigenvalue weighted by molar-refractivity contribution is -0.144. The fourth-order valence-corrected chi connectivity index (χ4v) is 4.69. The summed E-state index contributed by atoms with van der Waals surface area (Å²) < 4.78 is 0. The molecule has 27 heavy (non-hydrogen) atoms. The van der Waals surface area contributed by atoms with E-state index in [4.69, 9.17) is 0 Å². The number of carbonyl (C=O) groups is 1. The molecule has 142 valence electrons. The Bertz CT molecular complexity index is 729. The molecule has 0 atom stereocenters. The highest BCUT2D eigenvalue weighted by Gasteiger charge is 2.44. The topological polar surface area (TPSA) is 23.6 Å². The van der Waals surface area contributed by atoms with Crippen LogP contribution in [0.3, 0.4) is 0 Å². The minimum Gasteiger partial charge on any atom is -0.342 e. The maximum Gasteiger partial charge on any atom is 0.229 e. The number of rotatable bonds is 5. The molecule has 0 unspecified atom stereocenters. The van der Waals surface area contributed by atoms with Crippen LogP contribution in [0.15, 0.2) is 60.7 Å². The molecule has 2 aromatic rings. The summed E-state index contributed by atoms with van der Waals surface area (Å²) in [6.45, 7) is 4.88. The molecule has 2 aromatic carbocycles. The lowest BCUT2D eigenvalue weighted by atomic mass is 9.72. The summed E-state index contributed by atoms with van der Waals surface area (Å²) >= 11 is 0. The average Bonchev–Trinajstić information content (AvgIpc) is 3.25. The summed E-state index contributed by atoms with van der Waals surface area (Å²) in [7, 11) is 0. The highest BCUT2D eigenvalue weighted by molar-refractivity contribution is 5.83. The largest absolute Gasteiger partial charge is 0.342 e. The zero-order valence-electron chi connectivity index (χ0n) is 16.1. The zero-order chi connectivity index (χ0) is 18.5. The van der Waals surface area contributed by atoms with Gasteiger partial charge in [-0.2, -0.15) is 0 Å². The van der Waals surface area contributed by atoms with Gasteiger partial charge in [-0.25, -0.2) is 0 Å². The maximum absolute atomic E-state index is 13.5. The van der Waals surface area contributed by atoms with E-state index in [-0.39, 0.29) is 5.41 Å². The quantitative estimate of drug-likeness (QED) is 0.798. The smallest absolute Gasteiger partial charge is 0.229 e. The molecule has 0 N–H and O–H groups in total. The van der Waals surface area contributed by atoms with Gasteiger partial charge < -0.3 is 4.90 Å². The van der Waals surface area contributed by atoms with Crippen LogP contribution < -0.4 is 0 Å². The van der Waals surface area contributed by atoms with Crippen LogP contribution in [0.5, 0.6) is 0 Å². The summed E-state index contributed by atoms with van der Waals surface area (Å²) in [6.07, 6.45) is 5.12. The molecule has 3 nitrogen and oxygen atoms in total. The van der Waals surface area contributed by atoms with Crippen LogP contribution >= 0.6 is 0 Å². The van der Waals surface area contributed by atoms with E-state index in [0.29, 0.717) is 5.91 Å². The lowest BCUT2D eigenvalue weighted by Crippen LogP contribution is -2.50. The van der Waals surface area contributed by atoms with E-state index in [1.807, 2.05) is 0 Å². The standard InChI is InChI=1S/C24H30N2O/c27-23(26-15-7-8-16-26)24(19-21-9-3-1-4-10-21)13-17-25(18-14-24)20-22-11-5-2-6-12-22/h1-6,9-12H,7-8,13-20H2. The summed E-state index contributed by atoms with van der Waals surface area (Å²) in [4.78, 5) is 18.1. The lowest BCUT2D eigenvalue weighted by Gasteiger charge is -2.43. The van der Waals surface area contributed by atoms with E-state index < -0.39 is 0 Å². The first kappa shape index (κ1) is 18.2. The minimum absolute atomic E-state index is 0.223. The Morgan fingerprint density at radius 2 is 1.33 bits per heavy atom. The second-order valence-electron chi connectivity index (χ2n) is 8.20. The number of hydrogen-bond donors (Lipinski definition) is 0. The van der Waals surface area contributed by atoms with Crippen LogP contribution in [-0.4, -0.2) is 41.9 Å². The molecule has 0 aliphatic carbocycles. The molecular weight excluding hydrogens is 332 g/mol. The molecule has 2 heterocycles. The monoisotopic (exact) mass is 362 g/mol. The normalized spacial score (nSPS) is 19.9. The highest BCUT2D eigenvalue weighted by atomic mass is 16.2. The molecule has 2 aliphatic heterocycles. The Labute approximate surface area is 163 Å². The van der Waals surface area contributed by atoms with E-state index in [0.717, 1.165) is 64.8 Å². The molecule has 1 amide bonds. The summed E-state index contributed by atoms with van der Waals surface area (Å²) in [5, 5.41) is 0. The first-order chi connectivity index (χ1) is 13.3. The Morgan fingerprint density at radius 3 is 1.93 bits per heavy atom. The first-order valence-corrected chi connectivity index (χ1v) is 10.3. The van der Waals surface area contributed by atoms with Gasteiger partial charge in [0.2, 0.25) is 5.91 Å². The Balaban J connectivity index is 1.48. The molecule has 0 spiro atoms. The number of benzene rings is 2. The average molecular weight is 363 g/mol. The second kappa shape index (κ2) is 8.26. The van der Waals surface area contributed by atoms with Crippen molar-refractivity contribution in [3.8, 4) is 0 Å². The van der Waals surface area contributed by atoms with Crippen LogP contribution in [0, 0.1) is 5.41 Å². The predicted molar refractivity (Wildman–Crippen MR) is 109 cm³/mol. The number of carbonyl (C=O) groups excluding carboxylic acids is 1. The summed E-state index contributed by atoms with van der Waals surface area (Å²) in [6, 6.07) is 21.3. The number of amides is 1. The van der Waals surface area contributed by atoms with Crippen LogP contribution in [0.4, 0.5) is 0 Å². The molecule has 0 saturated carbocycles. The van der Waals surface area contributed by atoms with Gasteiger partial charge in [0.1, 0.15) is 0 Å². The Morgan fingerprint density at radius 1 is 0.778 bits per heavy atom. The van der Waals surface area contributed by atoms with Gasteiger partial charge in [0.25, 0.3) is 0 Å². The Hall–Kier alpha value is -2.13. The number of piperidine rings is 1. The third-order valence-electron chi connectivity index (χ3n) is 6.29. The van der Waals surface area contributed by atoms with Crippen molar-refractivity contribution >= 4 is 5.91 Å². The molecule has 2 aliphatic rings. The van der Waals surface area contributed by atoms with Crippen molar-refractivity contribution in [2.75, 3.05) is 26.2 Å². The number of hydrogen-bond acceptors (Lipinski definition) is 2. The van der Waals surface area contributed by atoms with E-state index in [1.54, 1.807) is 0 Å². The molecule has 0 aromatic heterocycles. The van der Waals surface area contributed by atoms with E-state index >= 15 is 0 Å². The van der Waals surface area contributed by atoms with Crippen molar-refractivity contribution in [3.63, 3.8) is 0 Å². The highest BCUT2D eigenvalue weighted by Crippen LogP contribution is 2.38. The van der Waals surface area contributed by atoms with E-state index in [1.165, 1.54) is 11.1 Å². The van der Waals surface area contributed by atoms with Crippen molar-refractivity contribution in [3.05, 3.63) is 71.8 Å². The van der Waals surface area contributed by atoms with Crippen molar-refractivity contribution in [2.24, 2.45) is 5.41 Å². The van der Waals surface area contributed by atoms with Crippen molar-refractivity contribution < 1.29 is 4.79 Å². The Kier molecular flexibility index (Phi) is 5.58. The molecule has 4 rings (SSSR count). The molecule has 3 heteroatoms. The van der Waals surface area contributed by atoms with Crippen LogP contribution in [0.2, 0.25) is 0 Å². The van der Waals surface area contributed by atoms with Gasteiger partial charge in [-0.15, -0.1) is 0 Å². The maximum atomic E-state index is 13.5. The molecular formula is C24H30N2O. The van der Waals surface area contributed by atoms with Gasteiger partial charge >= 0.3 is 0 Å². The first-order valence-electron chi connectivity index (χ1n) is 10.3.